The molecule has 3 heterocycles. The first-order chi connectivity index (χ1) is 19.3. The molecule has 0 unspecified atom stereocenters. The molecule has 1 saturated carbocycles. The van der Waals surface area contributed by atoms with Gasteiger partial charge >= 0.3 is 0 Å². The normalized spacial score (nSPS) is 20.4. The molecular weight excluding hydrogens is 500 g/mol. The monoisotopic (exact) mass is 536 g/mol. The minimum absolute atomic E-state index is 0.00480. The first-order valence-electron chi connectivity index (χ1n) is 14.2. The van der Waals surface area contributed by atoms with Gasteiger partial charge in [-0.2, -0.15) is 0 Å². The number of aryl methyl sites for hydroxylation is 1. The summed E-state index contributed by atoms with van der Waals surface area (Å²) in [7, 11) is 1.99. The lowest BCUT2D eigenvalue weighted by Crippen LogP contribution is -2.39. The van der Waals surface area contributed by atoms with Crippen LogP contribution in [-0.2, 0) is 16.6 Å². The molecule has 40 heavy (non-hydrogen) atoms. The molecular formula is C32H36N6O2. The minimum atomic E-state index is -0.206. The zero-order valence-electron chi connectivity index (χ0n) is 23.2. The van der Waals surface area contributed by atoms with Crippen molar-refractivity contribution >= 4 is 39.9 Å². The Morgan fingerprint density at radius 1 is 1.12 bits per heavy atom. The highest BCUT2D eigenvalue weighted by Gasteiger charge is 2.34. The Morgan fingerprint density at radius 3 is 2.58 bits per heavy atom. The minimum Gasteiger partial charge on any atom is -0.383 e. The third kappa shape index (κ3) is 4.83. The summed E-state index contributed by atoms with van der Waals surface area (Å²) in [5, 5.41) is 3.70. The molecule has 1 aromatic carbocycles. The van der Waals surface area contributed by atoms with Crippen molar-refractivity contribution in [2.24, 2.45) is 13.0 Å². The number of carbonyl (C=O) groups is 2. The number of amides is 2. The van der Waals surface area contributed by atoms with Crippen molar-refractivity contribution < 1.29 is 9.59 Å². The number of carbonyl (C=O) groups excluding carboxylic acids is 2. The summed E-state index contributed by atoms with van der Waals surface area (Å²) in [6.45, 7) is 6.26. The lowest BCUT2D eigenvalue weighted by molar-refractivity contribution is -0.135. The summed E-state index contributed by atoms with van der Waals surface area (Å²) >= 11 is 0. The number of hydrogen-bond acceptors (Lipinski definition) is 5. The molecule has 3 aromatic rings. The standard InChI is InChI=1S/C32H36N6O2/c1-19(2)31(39)36-24-14-12-22(13-15-24)28-26(27-29(33)34-18-35-30(27)37(28)3)21-8-10-23(11-9-21)32(40)38-16-4-5-25(38)17-20-6-7-20/h8,12-15,17-18,23,25H,1,4-7,9-11,16H2,2-3H3,(H,36,39)(H2,33,34,35)/t23-,25+/m0/s1. The van der Waals surface area contributed by atoms with Gasteiger partial charge in [-0.3, -0.25) is 9.59 Å². The van der Waals surface area contributed by atoms with Gasteiger partial charge in [0.05, 0.1) is 17.1 Å². The van der Waals surface area contributed by atoms with Gasteiger partial charge in [-0.05, 0) is 75.1 Å². The Hall–Kier alpha value is -4.20. The molecule has 3 N–H and O–H groups in total. The molecule has 8 nitrogen and oxygen atoms in total. The van der Waals surface area contributed by atoms with Crippen LogP contribution in [0.2, 0.25) is 0 Å². The summed E-state index contributed by atoms with van der Waals surface area (Å²) in [6, 6.07) is 8.04. The van der Waals surface area contributed by atoms with Crippen molar-refractivity contribution in [2.45, 2.75) is 57.9 Å². The second-order valence-corrected chi connectivity index (χ2v) is 11.3. The summed E-state index contributed by atoms with van der Waals surface area (Å²) in [5.74, 6) is 0.537. The summed E-state index contributed by atoms with van der Waals surface area (Å²) in [4.78, 5) is 36.6. The number of benzene rings is 1. The number of nitrogen functional groups attached to an aromatic ring is 1. The lowest BCUT2D eigenvalue weighted by atomic mass is 9.84. The average molecular weight is 537 g/mol. The Morgan fingerprint density at radius 2 is 1.90 bits per heavy atom. The molecule has 0 spiro atoms. The Bertz CT molecular complexity index is 1570. The van der Waals surface area contributed by atoms with Crippen LogP contribution in [0.3, 0.4) is 0 Å². The fourth-order valence-corrected chi connectivity index (χ4v) is 6.15. The highest BCUT2D eigenvalue weighted by molar-refractivity contribution is 6.05. The molecule has 2 aliphatic carbocycles. The van der Waals surface area contributed by atoms with Gasteiger partial charge in [0.15, 0.2) is 0 Å². The predicted molar refractivity (Wildman–Crippen MR) is 159 cm³/mol. The third-order valence-corrected chi connectivity index (χ3v) is 8.43. The molecule has 0 radical (unpaired) electrons. The van der Waals surface area contributed by atoms with Crippen molar-refractivity contribution in [1.82, 2.24) is 19.4 Å². The number of anilines is 2. The fourth-order valence-electron chi connectivity index (χ4n) is 6.15. The van der Waals surface area contributed by atoms with E-state index >= 15 is 0 Å². The van der Waals surface area contributed by atoms with Crippen LogP contribution in [0.4, 0.5) is 11.5 Å². The van der Waals surface area contributed by atoms with E-state index in [1.807, 2.05) is 31.3 Å². The zero-order valence-corrected chi connectivity index (χ0v) is 23.2. The number of aromatic nitrogens is 3. The van der Waals surface area contributed by atoms with E-state index in [1.165, 1.54) is 30.3 Å². The van der Waals surface area contributed by atoms with Gasteiger partial charge in [0.1, 0.15) is 17.8 Å². The van der Waals surface area contributed by atoms with Gasteiger partial charge in [0, 0.05) is 36.3 Å². The van der Waals surface area contributed by atoms with Crippen molar-refractivity contribution in [1.29, 1.82) is 0 Å². The quantitative estimate of drug-likeness (QED) is 0.314. The van der Waals surface area contributed by atoms with Gasteiger partial charge in [0.25, 0.3) is 5.91 Å². The molecule has 2 fully saturated rings. The molecule has 206 valence electrons. The zero-order chi connectivity index (χ0) is 28.0. The van der Waals surface area contributed by atoms with E-state index in [-0.39, 0.29) is 17.9 Å². The summed E-state index contributed by atoms with van der Waals surface area (Å²) in [5.41, 5.74) is 14.0. The first kappa shape index (κ1) is 26.0. The first-order valence-corrected chi connectivity index (χ1v) is 14.2. The number of nitrogens with zero attached hydrogens (tertiary/aromatic N) is 4. The molecule has 1 aliphatic heterocycles. The molecule has 2 amide bonds. The number of fused-ring (bicyclic) bond motifs is 1. The van der Waals surface area contributed by atoms with Gasteiger partial charge < -0.3 is 20.5 Å². The van der Waals surface area contributed by atoms with Gasteiger partial charge in [0.2, 0.25) is 5.91 Å². The van der Waals surface area contributed by atoms with E-state index in [0.717, 1.165) is 60.1 Å². The third-order valence-electron chi connectivity index (χ3n) is 8.43. The van der Waals surface area contributed by atoms with E-state index in [2.05, 4.69) is 43.5 Å². The SMILES string of the molecule is C=C(C)C(=O)Nc1ccc(-c2c(C3=CC[C@H](C(=O)N4CCC[C@@H]4C=C4CC4)CC3)c3c(N)ncnc3n2C)cc1. The van der Waals surface area contributed by atoms with Gasteiger partial charge in [-0.15, -0.1) is 0 Å². The molecule has 6 rings (SSSR count). The number of nitrogens with one attached hydrogen (secondary N) is 1. The van der Waals surface area contributed by atoms with Crippen molar-refractivity contribution in [3.05, 3.63) is 66.0 Å². The van der Waals surface area contributed by atoms with Crippen LogP contribution < -0.4 is 11.1 Å². The van der Waals surface area contributed by atoms with E-state index < -0.39 is 0 Å². The van der Waals surface area contributed by atoms with Crippen LogP contribution in [0, 0.1) is 5.92 Å². The van der Waals surface area contributed by atoms with Crippen molar-refractivity contribution in [3.8, 4) is 11.3 Å². The second kappa shape index (κ2) is 10.4. The number of rotatable bonds is 6. The molecule has 2 atom stereocenters. The van der Waals surface area contributed by atoms with E-state index in [9.17, 15) is 9.59 Å². The fraction of sp³-hybridized carbons (Fsp3) is 0.375. The van der Waals surface area contributed by atoms with Crippen LogP contribution in [0.25, 0.3) is 27.9 Å². The molecule has 0 bridgehead atoms. The number of allylic oxidation sites excluding steroid dienone is 3. The van der Waals surface area contributed by atoms with Crippen LogP contribution in [0.5, 0.6) is 0 Å². The number of hydrogen-bond donors (Lipinski definition) is 2. The summed E-state index contributed by atoms with van der Waals surface area (Å²) in [6.07, 6.45) is 12.9. The number of likely N-dealkylation sites (tertiary alicyclic amines) is 1. The highest BCUT2D eigenvalue weighted by atomic mass is 16.2. The van der Waals surface area contributed by atoms with Crippen LogP contribution >= 0.6 is 0 Å². The summed E-state index contributed by atoms with van der Waals surface area (Å²) < 4.78 is 2.06. The molecule has 2 aromatic heterocycles. The van der Waals surface area contributed by atoms with E-state index in [1.54, 1.807) is 6.92 Å². The maximum absolute atomic E-state index is 13.6. The topological polar surface area (TPSA) is 106 Å². The largest absolute Gasteiger partial charge is 0.383 e. The van der Waals surface area contributed by atoms with Crippen LogP contribution in [0.15, 0.2) is 60.5 Å². The van der Waals surface area contributed by atoms with Crippen LogP contribution in [0.1, 0.15) is 57.4 Å². The number of nitrogens with two attached hydrogens (primary N) is 1. The smallest absolute Gasteiger partial charge is 0.250 e. The van der Waals surface area contributed by atoms with Gasteiger partial charge in [-0.1, -0.05) is 36.4 Å². The Kier molecular flexibility index (Phi) is 6.78. The Balaban J connectivity index is 1.32. The van der Waals surface area contributed by atoms with Crippen molar-refractivity contribution in [2.75, 3.05) is 17.6 Å². The predicted octanol–water partition coefficient (Wildman–Crippen LogP) is 5.63. The van der Waals surface area contributed by atoms with E-state index in [0.29, 0.717) is 29.4 Å². The molecule has 1 saturated heterocycles. The average Bonchev–Trinajstić information content (AvgIpc) is 3.56. The Labute approximate surface area is 234 Å². The molecule has 8 heteroatoms. The lowest BCUT2D eigenvalue weighted by Gasteiger charge is -2.29. The van der Waals surface area contributed by atoms with Crippen LogP contribution in [-0.4, -0.2) is 43.8 Å². The van der Waals surface area contributed by atoms with Crippen molar-refractivity contribution in [3.63, 3.8) is 0 Å². The highest BCUT2D eigenvalue weighted by Crippen LogP contribution is 2.43. The maximum atomic E-state index is 13.6. The maximum Gasteiger partial charge on any atom is 0.250 e. The van der Waals surface area contributed by atoms with E-state index in [4.69, 9.17) is 5.73 Å². The molecule has 3 aliphatic rings. The van der Waals surface area contributed by atoms with Gasteiger partial charge in [-0.25, -0.2) is 9.97 Å². The second-order valence-electron chi connectivity index (χ2n) is 11.3.